The number of fused-ring (bicyclic) bond motifs is 1. The van der Waals surface area contributed by atoms with Gasteiger partial charge in [-0.05, 0) is 17.5 Å². The average Bonchev–Trinajstić information content (AvgIpc) is 2.52. The third-order valence-electron chi connectivity index (χ3n) is 2.51. The second kappa shape index (κ2) is 3.32. The Morgan fingerprint density at radius 1 is 1.40 bits per heavy atom. The van der Waals surface area contributed by atoms with Gasteiger partial charge in [0, 0.05) is 5.39 Å². The molecule has 0 atom stereocenters. The zero-order chi connectivity index (χ0) is 11.0. The summed E-state index contributed by atoms with van der Waals surface area (Å²) in [6.45, 7) is 4.16. The van der Waals surface area contributed by atoms with E-state index in [0.29, 0.717) is 17.1 Å². The van der Waals surface area contributed by atoms with E-state index in [1.165, 1.54) is 0 Å². The molecule has 1 heterocycles. The highest BCUT2D eigenvalue weighted by Gasteiger charge is 2.16. The first-order valence-electron chi connectivity index (χ1n) is 4.86. The van der Waals surface area contributed by atoms with Gasteiger partial charge in [0.05, 0.1) is 0 Å². The monoisotopic (exact) mass is 200 g/mol. The van der Waals surface area contributed by atoms with Gasteiger partial charge in [-0.25, -0.2) is 0 Å². The fourth-order valence-corrected chi connectivity index (χ4v) is 1.79. The molecule has 2 N–H and O–H groups in total. The van der Waals surface area contributed by atoms with Crippen LogP contribution in [0.25, 0.3) is 11.0 Å². The lowest BCUT2D eigenvalue weighted by Gasteiger charge is -2.05. The van der Waals surface area contributed by atoms with Crippen molar-refractivity contribution in [2.45, 2.75) is 19.8 Å². The Hall–Kier alpha value is -1.95. The number of benzene rings is 1. The number of furan rings is 1. The van der Waals surface area contributed by atoms with E-state index in [1.54, 1.807) is 0 Å². The number of anilines is 1. The van der Waals surface area contributed by atoms with Gasteiger partial charge in [0.15, 0.2) is 0 Å². The van der Waals surface area contributed by atoms with Gasteiger partial charge in [-0.2, -0.15) is 5.26 Å². The van der Waals surface area contributed by atoms with Crippen molar-refractivity contribution >= 4 is 16.9 Å². The van der Waals surface area contributed by atoms with Gasteiger partial charge in [-0.1, -0.05) is 26.0 Å². The largest absolute Gasteiger partial charge is 0.439 e. The molecule has 0 saturated heterocycles. The number of nitrogens with two attached hydrogens (primary N) is 1. The average molecular weight is 200 g/mol. The van der Waals surface area contributed by atoms with Crippen LogP contribution in [0.5, 0.6) is 0 Å². The van der Waals surface area contributed by atoms with Crippen LogP contribution in [-0.4, -0.2) is 0 Å². The minimum atomic E-state index is 0.209. The number of nitrogens with zero attached hydrogens (tertiary/aromatic N) is 1. The van der Waals surface area contributed by atoms with Gasteiger partial charge >= 0.3 is 0 Å². The highest BCUT2D eigenvalue weighted by molar-refractivity contribution is 5.91. The van der Waals surface area contributed by atoms with Crippen molar-refractivity contribution in [2.24, 2.45) is 0 Å². The van der Waals surface area contributed by atoms with Crippen LogP contribution in [0.3, 0.4) is 0 Å². The lowest BCUT2D eigenvalue weighted by molar-refractivity contribution is 0.636. The van der Waals surface area contributed by atoms with E-state index in [4.69, 9.17) is 15.4 Å². The van der Waals surface area contributed by atoms with E-state index in [2.05, 4.69) is 19.9 Å². The first-order valence-corrected chi connectivity index (χ1v) is 4.86. The number of hydrogen-bond acceptors (Lipinski definition) is 3. The molecule has 0 aliphatic carbocycles. The molecule has 1 aromatic heterocycles. The maximum absolute atomic E-state index is 9.02. The van der Waals surface area contributed by atoms with E-state index >= 15 is 0 Å². The van der Waals surface area contributed by atoms with Gasteiger partial charge in [0.2, 0.25) is 5.88 Å². The van der Waals surface area contributed by atoms with Crippen LogP contribution in [0.2, 0.25) is 0 Å². The SMILES string of the molecule is CC(C)c1cccc2oc(N)c(C#N)c12. The third kappa shape index (κ3) is 1.35. The highest BCUT2D eigenvalue weighted by Crippen LogP contribution is 2.33. The highest BCUT2D eigenvalue weighted by atomic mass is 16.3. The predicted molar refractivity (Wildman–Crippen MR) is 59.4 cm³/mol. The zero-order valence-corrected chi connectivity index (χ0v) is 8.74. The summed E-state index contributed by atoms with van der Waals surface area (Å²) in [4.78, 5) is 0. The van der Waals surface area contributed by atoms with Crippen molar-refractivity contribution in [3.63, 3.8) is 0 Å². The van der Waals surface area contributed by atoms with Gasteiger partial charge in [0.25, 0.3) is 0 Å². The summed E-state index contributed by atoms with van der Waals surface area (Å²) in [5.74, 6) is 0.554. The molecule has 0 fully saturated rings. The quantitative estimate of drug-likeness (QED) is 0.769. The lowest BCUT2D eigenvalue weighted by Crippen LogP contribution is -1.90. The summed E-state index contributed by atoms with van der Waals surface area (Å²) < 4.78 is 5.34. The van der Waals surface area contributed by atoms with Crippen LogP contribution in [0, 0.1) is 11.3 Å². The van der Waals surface area contributed by atoms with Crippen molar-refractivity contribution in [3.8, 4) is 6.07 Å². The molecule has 15 heavy (non-hydrogen) atoms. The minimum Gasteiger partial charge on any atom is -0.439 e. The van der Waals surface area contributed by atoms with Crippen LogP contribution in [0.1, 0.15) is 30.9 Å². The van der Waals surface area contributed by atoms with Crippen molar-refractivity contribution in [1.29, 1.82) is 5.26 Å². The Labute approximate surface area is 88.1 Å². The molecule has 3 nitrogen and oxygen atoms in total. The molecule has 2 rings (SSSR count). The first-order chi connectivity index (χ1) is 7.15. The van der Waals surface area contributed by atoms with Gasteiger partial charge in [-0.3, -0.25) is 0 Å². The summed E-state index contributed by atoms with van der Waals surface area (Å²) in [5, 5.41) is 9.88. The van der Waals surface area contributed by atoms with Gasteiger partial charge in [0.1, 0.15) is 17.2 Å². The van der Waals surface area contributed by atoms with E-state index in [-0.39, 0.29) is 5.88 Å². The second-order valence-electron chi connectivity index (χ2n) is 3.83. The topological polar surface area (TPSA) is 62.9 Å². The molecule has 1 aromatic carbocycles. The Morgan fingerprint density at radius 3 is 2.73 bits per heavy atom. The summed E-state index contributed by atoms with van der Waals surface area (Å²) in [5.41, 5.74) is 7.89. The molecule has 0 spiro atoms. The number of nitrogen functional groups attached to an aromatic ring is 1. The van der Waals surface area contributed by atoms with Crippen LogP contribution < -0.4 is 5.73 Å². The molecular weight excluding hydrogens is 188 g/mol. The van der Waals surface area contributed by atoms with Crippen molar-refractivity contribution < 1.29 is 4.42 Å². The van der Waals surface area contributed by atoms with Crippen LogP contribution in [0.4, 0.5) is 5.88 Å². The van der Waals surface area contributed by atoms with Crippen molar-refractivity contribution in [2.75, 3.05) is 5.73 Å². The molecule has 0 saturated carbocycles. The van der Waals surface area contributed by atoms with Gasteiger partial charge in [-0.15, -0.1) is 0 Å². The summed E-state index contributed by atoms with van der Waals surface area (Å²) in [6.07, 6.45) is 0. The van der Waals surface area contributed by atoms with E-state index in [0.717, 1.165) is 10.9 Å². The fraction of sp³-hybridized carbons (Fsp3) is 0.250. The Morgan fingerprint density at radius 2 is 2.13 bits per heavy atom. The zero-order valence-electron chi connectivity index (χ0n) is 8.74. The first kappa shape index (κ1) is 9.60. The molecular formula is C12H12N2O. The normalized spacial score (nSPS) is 10.8. The van der Waals surface area contributed by atoms with E-state index in [9.17, 15) is 0 Å². The number of hydrogen-bond donors (Lipinski definition) is 1. The summed E-state index contributed by atoms with van der Waals surface area (Å²) in [6, 6.07) is 7.85. The molecule has 0 radical (unpaired) electrons. The van der Waals surface area contributed by atoms with Crippen molar-refractivity contribution in [1.82, 2.24) is 0 Å². The molecule has 0 amide bonds. The maximum Gasteiger partial charge on any atom is 0.209 e. The number of rotatable bonds is 1. The van der Waals surface area contributed by atoms with Gasteiger partial charge < -0.3 is 10.2 Å². The summed E-state index contributed by atoms with van der Waals surface area (Å²) >= 11 is 0. The molecule has 2 aromatic rings. The molecule has 0 bridgehead atoms. The standard InChI is InChI=1S/C12H12N2O/c1-7(2)8-4-3-5-10-11(8)9(6-13)12(14)15-10/h3-5,7H,14H2,1-2H3. The smallest absolute Gasteiger partial charge is 0.209 e. The Balaban J connectivity index is 2.89. The third-order valence-corrected chi connectivity index (χ3v) is 2.51. The van der Waals surface area contributed by atoms with E-state index in [1.807, 2.05) is 18.2 Å². The van der Waals surface area contributed by atoms with Crippen LogP contribution >= 0.6 is 0 Å². The molecule has 76 valence electrons. The molecule has 0 aliphatic rings. The maximum atomic E-state index is 9.02. The minimum absolute atomic E-state index is 0.209. The van der Waals surface area contributed by atoms with Crippen LogP contribution in [0.15, 0.2) is 22.6 Å². The fourth-order valence-electron chi connectivity index (χ4n) is 1.79. The lowest BCUT2D eigenvalue weighted by atomic mass is 9.97. The molecule has 0 aliphatic heterocycles. The van der Waals surface area contributed by atoms with Crippen LogP contribution in [-0.2, 0) is 0 Å². The number of nitriles is 1. The van der Waals surface area contributed by atoms with E-state index < -0.39 is 0 Å². The molecule has 3 heteroatoms. The Kier molecular flexibility index (Phi) is 2.12. The molecule has 0 unspecified atom stereocenters. The second-order valence-corrected chi connectivity index (χ2v) is 3.83. The van der Waals surface area contributed by atoms with Crippen molar-refractivity contribution in [3.05, 3.63) is 29.3 Å². The predicted octanol–water partition coefficient (Wildman–Crippen LogP) is 3.01. The Bertz CT molecular complexity index is 546. The summed E-state index contributed by atoms with van der Waals surface area (Å²) in [7, 11) is 0.